The maximum absolute atomic E-state index is 15.4. The van der Waals surface area contributed by atoms with Crippen LogP contribution in [0.1, 0.15) is 83.0 Å². The van der Waals surface area contributed by atoms with Crippen LogP contribution in [0.3, 0.4) is 0 Å². The average Bonchev–Trinajstić information content (AvgIpc) is 3.69. The van der Waals surface area contributed by atoms with Crippen molar-refractivity contribution in [2.75, 3.05) is 0 Å². The molecule has 0 unspecified atom stereocenters. The van der Waals surface area contributed by atoms with E-state index in [1.54, 1.807) is 12.1 Å². The van der Waals surface area contributed by atoms with Crippen molar-refractivity contribution in [1.82, 2.24) is 0 Å². The molecule has 2 aliphatic rings. The molecule has 45 heavy (non-hydrogen) atoms. The molecule has 7 heteroatoms. The van der Waals surface area contributed by atoms with Crippen LogP contribution in [0.25, 0.3) is 22.3 Å². The van der Waals surface area contributed by atoms with Crippen LogP contribution in [0.15, 0.2) is 81.7 Å². The molecule has 4 aromatic carbocycles. The lowest BCUT2D eigenvalue weighted by molar-refractivity contribution is 0.580. The van der Waals surface area contributed by atoms with Gasteiger partial charge in [0.25, 0.3) is 0 Å². The summed E-state index contributed by atoms with van der Waals surface area (Å²) < 4.78 is 59.2. The van der Waals surface area contributed by atoms with E-state index in [-0.39, 0.29) is 11.1 Å². The molecule has 0 amide bonds. The Hall–Kier alpha value is -2.87. The number of aryl methyl sites for hydroxylation is 2. The predicted molar refractivity (Wildman–Crippen MR) is 188 cm³/mol. The summed E-state index contributed by atoms with van der Waals surface area (Å²) in [5, 5.41) is 0. The summed E-state index contributed by atoms with van der Waals surface area (Å²) in [5.74, 6) is -2.10. The van der Waals surface area contributed by atoms with E-state index in [0.29, 0.717) is 0 Å². The summed E-state index contributed by atoms with van der Waals surface area (Å²) in [5.41, 5.74) is 10.9. The van der Waals surface area contributed by atoms with E-state index in [9.17, 15) is 8.42 Å². The molecule has 0 bridgehead atoms. The third kappa shape index (κ3) is 6.96. The number of benzene rings is 4. The van der Waals surface area contributed by atoms with Crippen molar-refractivity contribution in [3.05, 3.63) is 138 Å². The highest BCUT2D eigenvalue weighted by Crippen LogP contribution is 2.42. The molecule has 0 radical (unpaired) electrons. The SMILES string of the molecule is Cc1ccc(C2=C(c3ccc(CS(=O)(=O)Cc4ccc(C5=C(c6ccc(C)c(Br)c6)CCC5)cc4F)c(F)c3)CCC2)cc1Br. The second-order valence-corrected chi connectivity index (χ2v) is 16.0. The fraction of sp³-hybridized carbons (Fsp3) is 0.263. The first-order chi connectivity index (χ1) is 21.5. The second kappa shape index (κ2) is 13.1. The van der Waals surface area contributed by atoms with Gasteiger partial charge in [0.1, 0.15) is 11.6 Å². The van der Waals surface area contributed by atoms with Crippen LogP contribution in [0, 0.1) is 25.5 Å². The molecule has 0 saturated carbocycles. The first kappa shape index (κ1) is 32.1. The molecule has 2 aliphatic carbocycles. The quantitative estimate of drug-likeness (QED) is 0.180. The van der Waals surface area contributed by atoms with Crippen LogP contribution in [0.5, 0.6) is 0 Å². The Bertz CT molecular complexity index is 1860. The van der Waals surface area contributed by atoms with Gasteiger partial charge in [0.2, 0.25) is 0 Å². The summed E-state index contributed by atoms with van der Waals surface area (Å²) in [6.45, 7) is 4.08. The van der Waals surface area contributed by atoms with Gasteiger partial charge >= 0.3 is 0 Å². The van der Waals surface area contributed by atoms with E-state index in [1.165, 1.54) is 23.3 Å². The first-order valence-electron chi connectivity index (χ1n) is 15.2. The van der Waals surface area contributed by atoms with Crippen molar-refractivity contribution in [1.29, 1.82) is 0 Å². The number of halogens is 4. The van der Waals surface area contributed by atoms with Gasteiger partial charge in [-0.1, -0.05) is 80.4 Å². The van der Waals surface area contributed by atoms with Gasteiger partial charge < -0.3 is 0 Å². The van der Waals surface area contributed by atoms with E-state index in [0.717, 1.165) is 92.0 Å². The van der Waals surface area contributed by atoms with Gasteiger partial charge in [-0.05, 0) is 132 Å². The first-order valence-corrected chi connectivity index (χ1v) is 18.6. The lowest BCUT2D eigenvalue weighted by Gasteiger charge is -2.13. The van der Waals surface area contributed by atoms with Crippen LogP contribution in [-0.2, 0) is 21.3 Å². The molecule has 0 heterocycles. The van der Waals surface area contributed by atoms with Crippen LogP contribution in [-0.4, -0.2) is 8.42 Å². The maximum atomic E-state index is 15.4. The molecular weight excluding hydrogens is 718 g/mol. The fourth-order valence-corrected chi connectivity index (χ4v) is 8.83. The standard InChI is InChI=1S/C38H34Br2F2O2S/c1-23-9-11-25(17-35(23)39)31-5-3-7-33(31)27-13-15-29(37(41)19-27)21-45(43,44)22-30-16-14-28(20-38(30)42)34-8-4-6-32(34)26-12-10-24(2)36(40)18-26/h9-20H,3-8,21-22H2,1-2H3. The molecule has 6 rings (SSSR count). The summed E-state index contributed by atoms with van der Waals surface area (Å²) in [6.07, 6.45) is 5.48. The van der Waals surface area contributed by atoms with Crippen molar-refractivity contribution in [3.8, 4) is 0 Å². The van der Waals surface area contributed by atoms with Crippen LogP contribution in [0.4, 0.5) is 8.78 Å². The topological polar surface area (TPSA) is 34.1 Å². The molecule has 0 saturated heterocycles. The summed E-state index contributed by atoms with van der Waals surface area (Å²) >= 11 is 7.23. The van der Waals surface area contributed by atoms with Crippen molar-refractivity contribution in [2.24, 2.45) is 0 Å². The zero-order valence-electron chi connectivity index (χ0n) is 25.3. The Labute approximate surface area is 281 Å². The zero-order chi connectivity index (χ0) is 31.9. The molecule has 0 fully saturated rings. The van der Waals surface area contributed by atoms with E-state index < -0.39 is 33.0 Å². The Morgan fingerprint density at radius 1 is 0.556 bits per heavy atom. The van der Waals surface area contributed by atoms with Crippen molar-refractivity contribution in [2.45, 2.75) is 63.9 Å². The molecule has 0 spiro atoms. The fourth-order valence-electron chi connectivity index (χ4n) is 6.55. The minimum atomic E-state index is -3.84. The van der Waals surface area contributed by atoms with Crippen molar-refractivity contribution in [3.63, 3.8) is 0 Å². The lowest BCUT2D eigenvalue weighted by Crippen LogP contribution is -2.10. The zero-order valence-corrected chi connectivity index (χ0v) is 29.3. The molecule has 232 valence electrons. The van der Waals surface area contributed by atoms with Crippen LogP contribution in [0.2, 0.25) is 0 Å². The molecule has 4 aromatic rings. The number of hydrogen-bond acceptors (Lipinski definition) is 2. The number of hydrogen-bond donors (Lipinski definition) is 0. The third-order valence-corrected chi connectivity index (χ3v) is 12.2. The van der Waals surface area contributed by atoms with Gasteiger partial charge in [-0.15, -0.1) is 0 Å². The normalized spacial score (nSPS) is 15.4. The van der Waals surface area contributed by atoms with E-state index in [2.05, 4.69) is 68.3 Å². The van der Waals surface area contributed by atoms with E-state index >= 15 is 8.78 Å². The number of rotatable bonds is 8. The van der Waals surface area contributed by atoms with Crippen molar-refractivity contribution < 1.29 is 17.2 Å². The Kier molecular flexibility index (Phi) is 9.33. The molecule has 0 N–H and O–H groups in total. The Morgan fingerprint density at radius 3 is 1.22 bits per heavy atom. The highest BCUT2D eigenvalue weighted by atomic mass is 79.9. The summed E-state index contributed by atoms with van der Waals surface area (Å²) in [7, 11) is -3.84. The van der Waals surface area contributed by atoms with Gasteiger partial charge in [0.15, 0.2) is 9.84 Å². The summed E-state index contributed by atoms with van der Waals surface area (Å²) in [6, 6.07) is 22.2. The van der Waals surface area contributed by atoms with Gasteiger partial charge in [-0.3, -0.25) is 0 Å². The lowest BCUT2D eigenvalue weighted by atomic mass is 9.96. The Balaban J connectivity index is 1.20. The number of allylic oxidation sites excluding steroid dienone is 4. The molecular formula is C38H34Br2F2O2S. The highest BCUT2D eigenvalue weighted by molar-refractivity contribution is 9.10. The van der Waals surface area contributed by atoms with Gasteiger partial charge in [0.05, 0.1) is 11.5 Å². The van der Waals surface area contributed by atoms with E-state index in [4.69, 9.17) is 0 Å². The predicted octanol–water partition coefficient (Wildman–Crippen LogP) is 11.4. The molecule has 0 aromatic heterocycles. The van der Waals surface area contributed by atoms with E-state index in [1.807, 2.05) is 26.0 Å². The Morgan fingerprint density at radius 2 is 0.889 bits per heavy atom. The monoisotopic (exact) mass is 750 g/mol. The summed E-state index contributed by atoms with van der Waals surface area (Å²) in [4.78, 5) is 0. The van der Waals surface area contributed by atoms with Crippen molar-refractivity contribution >= 4 is 64.0 Å². The van der Waals surface area contributed by atoms with Gasteiger partial charge in [-0.2, -0.15) is 0 Å². The van der Waals surface area contributed by atoms with Crippen LogP contribution >= 0.6 is 31.9 Å². The third-order valence-electron chi connectivity index (χ3n) is 9.03. The van der Waals surface area contributed by atoms with Crippen LogP contribution < -0.4 is 0 Å². The van der Waals surface area contributed by atoms with Gasteiger partial charge in [0, 0.05) is 20.1 Å². The molecule has 0 aliphatic heterocycles. The molecule has 2 nitrogen and oxygen atoms in total. The largest absolute Gasteiger partial charge is 0.228 e. The van der Waals surface area contributed by atoms with Gasteiger partial charge in [-0.25, -0.2) is 17.2 Å². The minimum absolute atomic E-state index is 0.0963. The maximum Gasteiger partial charge on any atom is 0.158 e. The number of sulfone groups is 1. The average molecular weight is 753 g/mol. The molecule has 0 atom stereocenters. The smallest absolute Gasteiger partial charge is 0.158 e. The second-order valence-electron chi connectivity index (χ2n) is 12.2. The minimum Gasteiger partial charge on any atom is -0.228 e. The highest BCUT2D eigenvalue weighted by Gasteiger charge is 2.23.